The molecule has 10 fully saturated rings. The van der Waals surface area contributed by atoms with Gasteiger partial charge in [0.1, 0.15) is 0 Å². The predicted molar refractivity (Wildman–Crippen MR) is 119 cm³/mol. The molecule has 1 aromatic carbocycles. The summed E-state index contributed by atoms with van der Waals surface area (Å²) in [6.07, 6.45) is 7.76. The number of rotatable bonds is 8. The van der Waals surface area contributed by atoms with Gasteiger partial charge in [-0.3, -0.25) is 0 Å². The molecule has 0 aliphatic carbocycles. The van der Waals surface area contributed by atoms with E-state index in [9.17, 15) is 4.79 Å². The summed E-state index contributed by atoms with van der Waals surface area (Å²) >= 11 is 0. The second-order valence-corrected chi connectivity index (χ2v) is 39.4. The average molecular weight is 460 g/mol. The van der Waals surface area contributed by atoms with Crippen molar-refractivity contribution >= 4 is 5.97 Å². The summed E-state index contributed by atoms with van der Waals surface area (Å²) in [6.45, 7) is 6.18. The first-order valence-corrected chi connectivity index (χ1v) is 19.3. The first-order chi connectivity index (χ1) is 14.6. The zero-order valence-corrected chi connectivity index (χ0v) is 20.4. The van der Waals surface area contributed by atoms with E-state index < -0.39 is 6.51 Å². The van der Waals surface area contributed by atoms with Crippen molar-refractivity contribution in [3.8, 4) is 5.75 Å². The Morgan fingerprint density at radius 1 is 0.903 bits per heavy atom. The Morgan fingerprint density at radius 2 is 1.48 bits per heavy atom. The van der Waals surface area contributed by atoms with Gasteiger partial charge >= 0.3 is 163 Å². The molecule has 10 heterocycles. The number of unbranched alkanes of at least 4 members (excludes halogenated alkanes) is 4. The van der Waals surface area contributed by atoms with Crippen LogP contribution in [0.4, 0.5) is 0 Å². The van der Waals surface area contributed by atoms with Crippen molar-refractivity contribution in [1.29, 1.82) is 0 Å². The number of carbonyl (C=O) groups excluding carboxylic acids is 1. The van der Waals surface area contributed by atoms with Gasteiger partial charge in [-0.05, 0) is 0 Å². The van der Waals surface area contributed by atoms with Crippen molar-refractivity contribution in [3.05, 3.63) is 29.8 Å². The summed E-state index contributed by atoms with van der Waals surface area (Å²) in [7, 11) is 0. The van der Waals surface area contributed by atoms with E-state index in [4.69, 9.17) is 4.74 Å². The van der Waals surface area contributed by atoms with Crippen LogP contribution >= 0.6 is 0 Å². The third-order valence-corrected chi connectivity index (χ3v) is 62.2. The fourth-order valence-corrected chi connectivity index (χ4v) is 99.6. The van der Waals surface area contributed by atoms with Crippen LogP contribution in [-0.2, 0) is 17.7 Å². The molecule has 0 bridgehead atoms. The zero-order chi connectivity index (χ0) is 20.9. The molecule has 168 valence electrons. The summed E-state index contributed by atoms with van der Waals surface area (Å²) < 4.78 is 7.17. The van der Waals surface area contributed by atoms with E-state index in [-0.39, 0.29) is 10.3 Å². The van der Waals surface area contributed by atoms with Crippen LogP contribution in [-0.4, -0.2) is 5.97 Å². The van der Waals surface area contributed by atoms with Gasteiger partial charge in [-0.25, -0.2) is 0 Å². The SMILES string of the molecule is CCCCCCCc1ccc(OC(=O)[C]23[CH]4[CH]5[CH]6[CH]2[Fe]56432789[CH]3[CH]2[CH]7[C]8(C(C)(C)C)[CH]39)cc1. The molecule has 1 aromatic rings. The molecule has 8 atom stereocenters. The van der Waals surface area contributed by atoms with E-state index in [1.165, 1.54) is 37.7 Å². The topological polar surface area (TPSA) is 26.3 Å². The maximum absolute atomic E-state index is 14.0. The van der Waals surface area contributed by atoms with Crippen LogP contribution in [0.3, 0.4) is 0 Å². The molecule has 0 radical (unpaired) electrons. The molecule has 8 unspecified atom stereocenters. The summed E-state index contributed by atoms with van der Waals surface area (Å²) in [4.78, 5) is 22.6. The summed E-state index contributed by atoms with van der Waals surface area (Å²) in [6, 6.07) is 8.59. The van der Waals surface area contributed by atoms with Gasteiger partial charge < -0.3 is 0 Å². The van der Waals surface area contributed by atoms with E-state index in [0.29, 0.717) is 9.73 Å². The van der Waals surface area contributed by atoms with Crippen molar-refractivity contribution < 1.29 is 16.0 Å². The van der Waals surface area contributed by atoms with Crippen molar-refractivity contribution in [2.24, 2.45) is 5.41 Å². The molecule has 10 aliphatic rings. The molecule has 1 spiro atoms. The maximum atomic E-state index is 14.0. The Labute approximate surface area is 176 Å². The number of hydrogen-bond acceptors (Lipinski definition) is 2. The molecule has 11 rings (SSSR count). The molecule has 0 amide bonds. The van der Waals surface area contributed by atoms with Gasteiger partial charge in [-0.15, -0.1) is 0 Å². The fraction of sp³-hybridized carbons (Fsp3) is 0.750. The molecule has 2 nitrogen and oxygen atoms in total. The van der Waals surface area contributed by atoms with Gasteiger partial charge in [-0.2, -0.15) is 0 Å². The predicted octanol–water partition coefficient (Wildman–Crippen LogP) is 8.28. The Kier molecular flexibility index (Phi) is 1.06. The van der Waals surface area contributed by atoms with Gasteiger partial charge in [0.15, 0.2) is 0 Å². The minimum absolute atomic E-state index is 0.152. The third-order valence-electron chi connectivity index (χ3n) is 19.0. The number of benzene rings is 1. The minimum atomic E-state index is -3.74. The van der Waals surface area contributed by atoms with Crippen molar-refractivity contribution in [2.45, 2.75) is 113 Å². The number of carbonyl (C=O) groups is 1. The Morgan fingerprint density at radius 3 is 1.97 bits per heavy atom. The number of hydrogen-bond donors (Lipinski definition) is 0. The molecule has 0 aromatic heterocycles. The van der Waals surface area contributed by atoms with Crippen molar-refractivity contribution in [3.63, 3.8) is 0 Å². The van der Waals surface area contributed by atoms with Crippen LogP contribution in [0.25, 0.3) is 0 Å². The normalized spacial score (nSPS) is 73.4. The molecular weight excluding hydrogens is 424 g/mol. The van der Waals surface area contributed by atoms with Crippen LogP contribution in [0.2, 0.25) is 47.2 Å². The first-order valence-electron chi connectivity index (χ1n) is 13.1. The monoisotopic (exact) mass is 460 g/mol. The zero-order valence-electron chi connectivity index (χ0n) is 19.3. The van der Waals surface area contributed by atoms with E-state index in [2.05, 4.69) is 52.0 Å². The van der Waals surface area contributed by atoms with Crippen LogP contribution in [0.1, 0.15) is 65.4 Å². The van der Waals surface area contributed by atoms with E-state index in [0.717, 1.165) is 50.7 Å². The second-order valence-electron chi connectivity index (χ2n) is 16.2. The summed E-state index contributed by atoms with van der Waals surface area (Å²) in [5.41, 5.74) is 1.83. The molecular formula is C28H36FeO2. The standard InChI is InChI=1S/C19H23O2.C9H13.Fe/c1-2-3-4-5-6-9-16-12-14-18(15-13-16)21-19(20)17-10-7-8-11-17;1-9(2,3)8-6-4-5-7-8;/h7-8,10-15H,2-6,9H2,1H3;4-7H,1-3H3;. The second kappa shape index (κ2) is 2.06. The molecule has 10 aliphatic heterocycles. The van der Waals surface area contributed by atoms with Crippen molar-refractivity contribution in [1.82, 2.24) is 0 Å². The quantitative estimate of drug-likeness (QED) is 0.169. The van der Waals surface area contributed by atoms with E-state index >= 15 is 0 Å². The first kappa shape index (κ1) is 15.9. The molecule has 31 heavy (non-hydrogen) atoms. The Balaban J connectivity index is 0.923. The van der Waals surface area contributed by atoms with Crippen LogP contribution in [0.5, 0.6) is 5.75 Å². The van der Waals surface area contributed by atoms with Crippen LogP contribution in [0.15, 0.2) is 24.3 Å². The van der Waals surface area contributed by atoms with E-state index in [1.54, 1.807) is 0 Å². The Hall–Kier alpha value is -0.791. The molecule has 0 N–H and O–H groups in total. The van der Waals surface area contributed by atoms with Gasteiger partial charge in [0.25, 0.3) is 0 Å². The van der Waals surface area contributed by atoms with E-state index in [1.807, 2.05) is 0 Å². The molecule has 10 saturated heterocycles. The van der Waals surface area contributed by atoms with Crippen molar-refractivity contribution in [2.75, 3.05) is 0 Å². The average Bonchev–Trinajstić information content (AvgIpc) is 3.67. The fourth-order valence-electron chi connectivity index (χ4n) is 21.1. The van der Waals surface area contributed by atoms with Crippen LogP contribution < -0.4 is 4.74 Å². The van der Waals surface area contributed by atoms with Crippen LogP contribution in [0, 0.1) is 5.41 Å². The molecule has 3 heteroatoms. The number of ether oxygens (including phenoxy) is 1. The number of esters is 1. The van der Waals surface area contributed by atoms with Gasteiger partial charge in [0, 0.05) is 0 Å². The van der Waals surface area contributed by atoms with Gasteiger partial charge in [-0.1, -0.05) is 13.3 Å². The van der Waals surface area contributed by atoms with Gasteiger partial charge in [0.2, 0.25) is 0 Å². The number of aryl methyl sites for hydroxylation is 1. The number of fused-ring (bicyclic) bond motifs is 10. The molecule has 0 saturated carbocycles. The third kappa shape index (κ3) is 0.317. The van der Waals surface area contributed by atoms with Gasteiger partial charge in [0.05, 0.1) is 0 Å². The Bertz CT molecular complexity index is 1530. The summed E-state index contributed by atoms with van der Waals surface area (Å²) in [5, 5.41) is 0. The summed E-state index contributed by atoms with van der Waals surface area (Å²) in [5.74, 6) is 1.11.